The zero-order chi connectivity index (χ0) is 18.2. The van der Waals surface area contributed by atoms with Crippen LogP contribution >= 0.6 is 23.1 Å². The highest BCUT2D eigenvalue weighted by molar-refractivity contribution is 8.00. The smallest absolute Gasteiger partial charge is 0.341 e. The minimum Gasteiger partial charge on any atom is -0.462 e. The van der Waals surface area contributed by atoms with E-state index in [1.54, 1.807) is 13.0 Å². The molecule has 0 aliphatic rings. The second kappa shape index (κ2) is 9.44. The van der Waals surface area contributed by atoms with Gasteiger partial charge in [0, 0.05) is 16.2 Å². The number of thioether (sulfide) groups is 1. The Kier molecular flexibility index (Phi) is 7.28. The summed E-state index contributed by atoms with van der Waals surface area (Å²) in [4.78, 5) is 25.7. The summed E-state index contributed by atoms with van der Waals surface area (Å²) in [5.74, 6) is 0.459. The quantitative estimate of drug-likeness (QED) is 0.411. The van der Waals surface area contributed by atoms with Gasteiger partial charge in [0.25, 0.3) is 0 Å². The van der Waals surface area contributed by atoms with Gasteiger partial charge in [0.2, 0.25) is 5.91 Å². The van der Waals surface area contributed by atoms with E-state index in [4.69, 9.17) is 4.74 Å². The van der Waals surface area contributed by atoms with Gasteiger partial charge in [-0.2, -0.15) is 0 Å². The van der Waals surface area contributed by atoms with Crippen LogP contribution in [-0.4, -0.2) is 30.0 Å². The number of benzene rings is 1. The van der Waals surface area contributed by atoms with Crippen molar-refractivity contribution in [2.24, 2.45) is 0 Å². The van der Waals surface area contributed by atoms with Crippen molar-refractivity contribution in [1.82, 2.24) is 0 Å². The molecule has 1 N–H and O–H groups in total. The Balaban J connectivity index is 2.38. The number of ether oxygens (including phenoxy) is 1. The van der Waals surface area contributed by atoms with Crippen LogP contribution in [0.1, 0.15) is 22.2 Å². The highest BCUT2D eigenvalue weighted by Crippen LogP contribution is 2.40. The van der Waals surface area contributed by atoms with Crippen LogP contribution in [0.2, 0.25) is 0 Å². The number of esters is 1. The molecule has 0 saturated heterocycles. The van der Waals surface area contributed by atoms with Gasteiger partial charge in [-0.3, -0.25) is 4.79 Å². The number of amides is 1. The third kappa shape index (κ3) is 4.96. The first-order valence-electron chi connectivity index (χ1n) is 7.92. The minimum absolute atomic E-state index is 0.140. The molecule has 25 heavy (non-hydrogen) atoms. The number of hydrogen-bond donors (Lipinski definition) is 1. The van der Waals surface area contributed by atoms with Crippen LogP contribution in [-0.2, 0) is 9.53 Å². The Labute approximate surface area is 156 Å². The van der Waals surface area contributed by atoms with Crippen molar-refractivity contribution in [3.8, 4) is 11.1 Å². The fourth-order valence-electron chi connectivity index (χ4n) is 2.38. The van der Waals surface area contributed by atoms with Gasteiger partial charge in [-0.05, 0) is 19.4 Å². The van der Waals surface area contributed by atoms with Gasteiger partial charge in [0.05, 0.1) is 12.4 Å². The summed E-state index contributed by atoms with van der Waals surface area (Å²) >= 11 is 2.87. The molecule has 1 heterocycles. The zero-order valence-corrected chi connectivity index (χ0v) is 16.0. The Morgan fingerprint density at radius 1 is 1.32 bits per heavy atom. The molecule has 2 aromatic rings. The molecule has 1 amide bonds. The lowest BCUT2D eigenvalue weighted by molar-refractivity contribution is -0.113. The molecule has 0 atom stereocenters. The molecule has 0 aliphatic carbocycles. The van der Waals surface area contributed by atoms with Crippen molar-refractivity contribution in [2.75, 3.05) is 23.4 Å². The number of aryl methyl sites for hydroxylation is 1. The molecule has 0 fully saturated rings. The fraction of sp³-hybridized carbons (Fsp3) is 0.263. The van der Waals surface area contributed by atoms with Gasteiger partial charge >= 0.3 is 5.97 Å². The Morgan fingerprint density at radius 3 is 2.68 bits per heavy atom. The molecule has 132 valence electrons. The van der Waals surface area contributed by atoms with Crippen LogP contribution in [0, 0.1) is 6.92 Å². The number of carbonyl (C=O) groups excluding carboxylic acids is 2. The van der Waals surface area contributed by atoms with E-state index < -0.39 is 5.97 Å². The maximum Gasteiger partial charge on any atom is 0.341 e. The molecular formula is C19H21NO3S2. The lowest BCUT2D eigenvalue weighted by Gasteiger charge is -2.09. The van der Waals surface area contributed by atoms with Crippen LogP contribution in [0.25, 0.3) is 11.1 Å². The number of thiophene rings is 1. The topological polar surface area (TPSA) is 55.4 Å². The first kappa shape index (κ1) is 19.3. The van der Waals surface area contributed by atoms with Gasteiger partial charge in [0.15, 0.2) is 0 Å². The number of carbonyl (C=O) groups is 2. The lowest BCUT2D eigenvalue weighted by atomic mass is 10.0. The fourth-order valence-corrected chi connectivity index (χ4v) is 4.00. The summed E-state index contributed by atoms with van der Waals surface area (Å²) in [6.45, 7) is 7.63. The van der Waals surface area contributed by atoms with Crippen LogP contribution in [0.5, 0.6) is 0 Å². The van der Waals surface area contributed by atoms with Gasteiger partial charge in [0.1, 0.15) is 10.6 Å². The van der Waals surface area contributed by atoms with E-state index in [9.17, 15) is 9.59 Å². The summed E-state index contributed by atoms with van der Waals surface area (Å²) < 4.78 is 5.22. The first-order valence-corrected chi connectivity index (χ1v) is 9.90. The number of nitrogens with one attached hydrogen (secondary N) is 1. The number of hydrogen-bond acceptors (Lipinski definition) is 5. The third-order valence-corrected chi connectivity index (χ3v) is 5.31. The van der Waals surface area contributed by atoms with Gasteiger partial charge in [-0.25, -0.2) is 4.79 Å². The molecular weight excluding hydrogens is 354 g/mol. The highest BCUT2D eigenvalue weighted by Gasteiger charge is 2.25. The van der Waals surface area contributed by atoms with Crippen molar-refractivity contribution in [1.29, 1.82) is 0 Å². The Morgan fingerprint density at radius 2 is 2.04 bits per heavy atom. The van der Waals surface area contributed by atoms with E-state index in [0.29, 0.717) is 22.1 Å². The SMILES string of the molecule is C=CCSCC(=O)Nc1sc(C)c(-c2ccccc2)c1C(=O)OCC. The predicted molar refractivity (Wildman–Crippen MR) is 107 cm³/mol. The van der Waals surface area contributed by atoms with Gasteiger partial charge in [-0.1, -0.05) is 36.4 Å². The van der Waals surface area contributed by atoms with Crippen LogP contribution in [0.3, 0.4) is 0 Å². The van der Waals surface area contributed by atoms with Crippen molar-refractivity contribution < 1.29 is 14.3 Å². The summed E-state index contributed by atoms with van der Waals surface area (Å²) in [7, 11) is 0. The van der Waals surface area contributed by atoms with Crippen LogP contribution in [0.15, 0.2) is 43.0 Å². The first-order chi connectivity index (χ1) is 12.1. The molecule has 0 spiro atoms. The summed E-state index contributed by atoms with van der Waals surface area (Å²) in [5.41, 5.74) is 2.18. The normalized spacial score (nSPS) is 10.3. The van der Waals surface area contributed by atoms with E-state index in [0.717, 1.165) is 16.0 Å². The molecule has 6 heteroatoms. The third-order valence-electron chi connectivity index (χ3n) is 3.35. The average molecular weight is 376 g/mol. The Hall–Kier alpha value is -2.05. The molecule has 0 unspecified atom stereocenters. The molecule has 0 radical (unpaired) electrons. The molecule has 0 saturated carbocycles. The van der Waals surface area contributed by atoms with E-state index in [1.807, 2.05) is 37.3 Å². The zero-order valence-electron chi connectivity index (χ0n) is 14.3. The van der Waals surface area contributed by atoms with E-state index in [-0.39, 0.29) is 12.5 Å². The van der Waals surface area contributed by atoms with Crippen LogP contribution in [0.4, 0.5) is 5.00 Å². The maximum atomic E-state index is 12.5. The largest absolute Gasteiger partial charge is 0.462 e. The van der Waals surface area contributed by atoms with Crippen molar-refractivity contribution in [2.45, 2.75) is 13.8 Å². The predicted octanol–water partition coefficient (Wildman–Crippen LogP) is 4.76. The second-order valence-electron chi connectivity index (χ2n) is 5.18. The van der Waals surface area contributed by atoms with Crippen molar-refractivity contribution >= 4 is 40.0 Å². The van der Waals surface area contributed by atoms with Gasteiger partial charge in [-0.15, -0.1) is 29.7 Å². The summed E-state index contributed by atoms with van der Waals surface area (Å²) in [5, 5.41) is 3.40. The minimum atomic E-state index is -0.417. The molecule has 4 nitrogen and oxygen atoms in total. The molecule has 2 rings (SSSR count). The Bertz CT molecular complexity index is 754. The van der Waals surface area contributed by atoms with E-state index >= 15 is 0 Å². The number of rotatable bonds is 8. The van der Waals surface area contributed by atoms with Gasteiger partial charge < -0.3 is 10.1 Å². The van der Waals surface area contributed by atoms with Crippen molar-refractivity contribution in [3.05, 3.63) is 53.4 Å². The monoisotopic (exact) mass is 375 g/mol. The molecule has 0 aliphatic heterocycles. The highest BCUT2D eigenvalue weighted by atomic mass is 32.2. The van der Waals surface area contributed by atoms with Crippen LogP contribution < -0.4 is 5.32 Å². The number of anilines is 1. The van der Waals surface area contributed by atoms with Crippen molar-refractivity contribution in [3.63, 3.8) is 0 Å². The molecule has 1 aromatic heterocycles. The lowest BCUT2D eigenvalue weighted by Crippen LogP contribution is -2.16. The van der Waals surface area contributed by atoms with E-state index in [1.165, 1.54) is 23.1 Å². The maximum absolute atomic E-state index is 12.5. The standard InChI is InChI=1S/C19H21NO3S2/c1-4-11-24-12-15(21)20-18-17(19(22)23-5-2)16(13(3)25-18)14-9-7-6-8-10-14/h4,6-10H,1,5,11-12H2,2-3H3,(H,20,21). The second-order valence-corrected chi connectivity index (χ2v) is 7.43. The summed E-state index contributed by atoms with van der Waals surface area (Å²) in [6.07, 6.45) is 1.75. The van der Waals surface area contributed by atoms with E-state index in [2.05, 4.69) is 11.9 Å². The average Bonchev–Trinajstić information content (AvgIpc) is 2.92. The molecule has 0 bridgehead atoms. The molecule has 1 aromatic carbocycles. The summed E-state index contributed by atoms with van der Waals surface area (Å²) in [6, 6.07) is 9.67.